The summed E-state index contributed by atoms with van der Waals surface area (Å²) in [7, 11) is 0. The van der Waals surface area contributed by atoms with E-state index in [0.717, 1.165) is 12.8 Å². The summed E-state index contributed by atoms with van der Waals surface area (Å²) in [5.74, 6) is -2.79. The average Bonchev–Trinajstić information content (AvgIpc) is 2.54. The summed E-state index contributed by atoms with van der Waals surface area (Å²) in [5, 5.41) is 2.17. The molecule has 0 aliphatic heterocycles. The molecule has 0 fully saturated rings. The molecule has 0 saturated carbocycles. The first-order valence-electron chi connectivity index (χ1n) is 7.69. The molecule has 23 heavy (non-hydrogen) atoms. The van der Waals surface area contributed by atoms with Crippen molar-refractivity contribution in [2.75, 3.05) is 26.3 Å². The lowest BCUT2D eigenvalue weighted by Crippen LogP contribution is -2.41. The molecular weight excluding hydrogens is 306 g/mol. The van der Waals surface area contributed by atoms with Gasteiger partial charge in [0.15, 0.2) is 11.5 Å². The second-order valence-corrected chi connectivity index (χ2v) is 5.04. The molecule has 1 aromatic carbocycles. The van der Waals surface area contributed by atoms with E-state index >= 15 is 0 Å². The summed E-state index contributed by atoms with van der Waals surface area (Å²) in [4.78, 5) is 12.0. The van der Waals surface area contributed by atoms with Crippen molar-refractivity contribution in [3.63, 3.8) is 0 Å². The second-order valence-electron chi connectivity index (χ2n) is 5.04. The molecule has 130 valence electrons. The molecule has 1 amide bonds. The highest BCUT2D eigenvalue weighted by Crippen LogP contribution is 2.28. The zero-order valence-electron chi connectivity index (χ0n) is 13.5. The van der Waals surface area contributed by atoms with Gasteiger partial charge >= 0.3 is 0 Å². The Hall–Kier alpha value is -1.89. The normalized spacial score (nSPS) is 11.2. The lowest BCUT2D eigenvalue weighted by molar-refractivity contribution is 0.0118. The predicted octanol–water partition coefficient (Wildman–Crippen LogP) is 2.59. The first kappa shape index (κ1) is 19.2. The molecule has 0 aromatic heterocycles. The van der Waals surface area contributed by atoms with Gasteiger partial charge in [0.05, 0.1) is 26.3 Å². The van der Waals surface area contributed by atoms with Crippen LogP contribution in [0.25, 0.3) is 0 Å². The molecule has 0 aliphatic rings. The highest BCUT2D eigenvalue weighted by Gasteiger charge is 2.27. The highest BCUT2D eigenvalue weighted by atomic mass is 19.3. The Bertz CT molecular complexity index is 510. The number of alkyl halides is 2. The predicted molar refractivity (Wildman–Crippen MR) is 84.3 cm³/mol. The van der Waals surface area contributed by atoms with Gasteiger partial charge in [-0.1, -0.05) is 13.3 Å². The van der Waals surface area contributed by atoms with Crippen molar-refractivity contribution >= 4 is 5.91 Å². The molecule has 0 radical (unpaired) electrons. The molecule has 3 N–H and O–H groups in total. The Morgan fingerprint density at radius 2 is 2.00 bits per heavy atom. The number of unbranched alkanes of at least 4 members (excludes halogenated alkanes) is 1. The number of hydrogen-bond acceptors (Lipinski definition) is 4. The van der Waals surface area contributed by atoms with Crippen molar-refractivity contribution in [2.45, 2.75) is 32.6 Å². The first-order valence-corrected chi connectivity index (χ1v) is 7.69. The summed E-state index contributed by atoms with van der Waals surface area (Å²) >= 11 is 0. The SMILES string of the molecule is CCCCOc1ccc(C(=O)NCC(F)(F)CN)cc1OCC. The Morgan fingerprint density at radius 3 is 2.61 bits per heavy atom. The van der Waals surface area contributed by atoms with Gasteiger partial charge in [0.25, 0.3) is 11.8 Å². The second kappa shape index (κ2) is 9.29. The van der Waals surface area contributed by atoms with E-state index in [1.54, 1.807) is 6.07 Å². The van der Waals surface area contributed by atoms with Gasteiger partial charge in [-0.25, -0.2) is 8.78 Å². The molecule has 0 spiro atoms. The number of halogens is 2. The zero-order chi connectivity index (χ0) is 17.3. The molecule has 0 heterocycles. The number of amides is 1. The number of nitrogens with two attached hydrogens (primary N) is 1. The Morgan fingerprint density at radius 1 is 1.26 bits per heavy atom. The Labute approximate surface area is 135 Å². The van der Waals surface area contributed by atoms with Gasteiger partial charge in [0.1, 0.15) is 0 Å². The largest absolute Gasteiger partial charge is 0.490 e. The van der Waals surface area contributed by atoms with Gasteiger partial charge in [0.2, 0.25) is 0 Å². The van der Waals surface area contributed by atoms with Crippen molar-refractivity contribution in [2.24, 2.45) is 5.73 Å². The molecule has 1 rings (SSSR count). The summed E-state index contributed by atoms with van der Waals surface area (Å²) in [6.07, 6.45) is 1.90. The number of nitrogens with one attached hydrogen (secondary N) is 1. The Kier molecular flexibility index (Phi) is 7.74. The molecule has 0 bridgehead atoms. The van der Waals surface area contributed by atoms with Crippen LogP contribution in [0, 0.1) is 0 Å². The van der Waals surface area contributed by atoms with Crippen LogP contribution in [0.1, 0.15) is 37.0 Å². The fourth-order valence-corrected chi connectivity index (χ4v) is 1.75. The van der Waals surface area contributed by atoms with Gasteiger partial charge < -0.3 is 20.5 Å². The first-order chi connectivity index (χ1) is 10.9. The van der Waals surface area contributed by atoms with Crippen molar-refractivity contribution in [1.29, 1.82) is 0 Å². The van der Waals surface area contributed by atoms with Gasteiger partial charge in [-0.3, -0.25) is 4.79 Å². The van der Waals surface area contributed by atoms with Crippen LogP contribution in [0.5, 0.6) is 11.5 Å². The van der Waals surface area contributed by atoms with E-state index in [-0.39, 0.29) is 5.56 Å². The maximum atomic E-state index is 13.1. The number of carbonyl (C=O) groups is 1. The number of benzene rings is 1. The van der Waals surface area contributed by atoms with Crippen molar-refractivity contribution in [3.05, 3.63) is 23.8 Å². The van der Waals surface area contributed by atoms with Gasteiger partial charge in [-0.05, 0) is 31.5 Å². The summed E-state index contributed by atoms with van der Waals surface area (Å²) < 4.78 is 37.2. The third-order valence-electron chi connectivity index (χ3n) is 3.07. The minimum absolute atomic E-state index is 0.226. The zero-order valence-corrected chi connectivity index (χ0v) is 13.5. The van der Waals surface area contributed by atoms with E-state index < -0.39 is 24.9 Å². The van der Waals surface area contributed by atoms with Crippen molar-refractivity contribution in [1.82, 2.24) is 5.32 Å². The minimum atomic E-state index is -3.12. The van der Waals surface area contributed by atoms with Crippen LogP contribution in [-0.2, 0) is 0 Å². The van der Waals surface area contributed by atoms with E-state index in [9.17, 15) is 13.6 Å². The van der Waals surface area contributed by atoms with Crippen LogP contribution in [0.2, 0.25) is 0 Å². The van der Waals surface area contributed by atoms with Gasteiger partial charge in [-0.15, -0.1) is 0 Å². The van der Waals surface area contributed by atoms with Crippen LogP contribution < -0.4 is 20.5 Å². The van der Waals surface area contributed by atoms with Gasteiger partial charge in [-0.2, -0.15) is 0 Å². The maximum absolute atomic E-state index is 13.1. The monoisotopic (exact) mass is 330 g/mol. The highest BCUT2D eigenvalue weighted by molar-refractivity contribution is 5.94. The smallest absolute Gasteiger partial charge is 0.277 e. The number of carbonyl (C=O) groups excluding carboxylic acids is 1. The average molecular weight is 330 g/mol. The molecule has 0 saturated heterocycles. The number of rotatable bonds is 10. The maximum Gasteiger partial charge on any atom is 0.277 e. The topological polar surface area (TPSA) is 73.6 Å². The lowest BCUT2D eigenvalue weighted by atomic mass is 10.2. The van der Waals surface area contributed by atoms with E-state index in [2.05, 4.69) is 12.2 Å². The third-order valence-corrected chi connectivity index (χ3v) is 3.07. The molecule has 0 aliphatic carbocycles. The van der Waals surface area contributed by atoms with Crippen molar-refractivity contribution in [3.8, 4) is 11.5 Å². The molecule has 0 unspecified atom stereocenters. The quantitative estimate of drug-likeness (QED) is 0.647. The molecule has 5 nitrogen and oxygen atoms in total. The molecule has 0 atom stereocenters. The van der Waals surface area contributed by atoms with E-state index in [1.165, 1.54) is 12.1 Å². The minimum Gasteiger partial charge on any atom is -0.490 e. The Balaban J connectivity index is 2.79. The fraction of sp³-hybridized carbons (Fsp3) is 0.562. The van der Waals surface area contributed by atoms with Gasteiger partial charge in [0, 0.05) is 5.56 Å². The van der Waals surface area contributed by atoms with Crippen LogP contribution in [0.15, 0.2) is 18.2 Å². The molecular formula is C16H24F2N2O3. The molecule has 7 heteroatoms. The van der Waals surface area contributed by atoms with Crippen LogP contribution in [0.4, 0.5) is 8.78 Å². The van der Waals surface area contributed by atoms with Crippen LogP contribution in [-0.4, -0.2) is 38.1 Å². The molecule has 1 aromatic rings. The summed E-state index contributed by atoms with van der Waals surface area (Å²) in [6.45, 7) is 3.19. The number of ether oxygens (including phenoxy) is 2. The van der Waals surface area contributed by atoms with E-state index in [0.29, 0.717) is 24.7 Å². The van der Waals surface area contributed by atoms with E-state index in [1.807, 2.05) is 6.92 Å². The standard InChI is InChI=1S/C16H24F2N2O3/c1-3-5-8-23-13-7-6-12(9-14(13)22-4-2)15(21)20-11-16(17,18)10-19/h6-7,9H,3-5,8,10-11,19H2,1-2H3,(H,20,21). The number of hydrogen-bond donors (Lipinski definition) is 2. The summed E-state index contributed by atoms with van der Waals surface area (Å²) in [6, 6.07) is 4.61. The van der Waals surface area contributed by atoms with E-state index in [4.69, 9.17) is 15.2 Å². The fourth-order valence-electron chi connectivity index (χ4n) is 1.75. The van der Waals surface area contributed by atoms with Crippen LogP contribution >= 0.6 is 0 Å². The third kappa shape index (κ3) is 6.40. The van der Waals surface area contributed by atoms with Crippen LogP contribution in [0.3, 0.4) is 0 Å². The van der Waals surface area contributed by atoms with Crippen molar-refractivity contribution < 1.29 is 23.0 Å². The lowest BCUT2D eigenvalue weighted by Gasteiger charge is -2.16. The summed E-state index contributed by atoms with van der Waals surface area (Å²) in [5.41, 5.74) is 5.16.